The molecule has 2 N–H and O–H groups in total. The first-order chi connectivity index (χ1) is 11.5. The first-order valence-corrected chi connectivity index (χ1v) is 8.53. The van der Waals surface area contributed by atoms with Gasteiger partial charge in [-0.15, -0.1) is 0 Å². The number of carbonyl (C=O) groups is 3. The van der Waals surface area contributed by atoms with Crippen molar-refractivity contribution in [2.24, 2.45) is 0 Å². The molecule has 1 aromatic carbocycles. The number of urea groups is 1. The van der Waals surface area contributed by atoms with Gasteiger partial charge in [0.05, 0.1) is 0 Å². The topological polar surface area (TPSA) is 78.5 Å². The van der Waals surface area contributed by atoms with E-state index in [1.807, 2.05) is 38.1 Å². The van der Waals surface area contributed by atoms with E-state index in [1.54, 1.807) is 0 Å². The van der Waals surface area contributed by atoms with Crippen LogP contribution in [0, 0.1) is 0 Å². The van der Waals surface area contributed by atoms with Gasteiger partial charge in [-0.25, -0.2) is 4.79 Å². The SMILES string of the molecule is CCC(CC)NC(=O)CN1C(=O)N[C@]2(CCc3ccccc32)C1=O. The largest absolute Gasteiger partial charge is 0.352 e. The average molecular weight is 329 g/mol. The van der Waals surface area contributed by atoms with Crippen LogP contribution in [-0.4, -0.2) is 35.3 Å². The molecule has 2 aliphatic rings. The van der Waals surface area contributed by atoms with Crippen LogP contribution in [0.1, 0.15) is 44.2 Å². The van der Waals surface area contributed by atoms with Crippen molar-refractivity contribution >= 4 is 17.8 Å². The van der Waals surface area contributed by atoms with Gasteiger partial charge in [0.1, 0.15) is 12.1 Å². The summed E-state index contributed by atoms with van der Waals surface area (Å²) >= 11 is 0. The molecule has 1 aliphatic heterocycles. The van der Waals surface area contributed by atoms with Crippen molar-refractivity contribution < 1.29 is 14.4 Å². The van der Waals surface area contributed by atoms with Gasteiger partial charge in [-0.05, 0) is 36.8 Å². The highest BCUT2D eigenvalue weighted by Gasteiger charge is 2.55. The van der Waals surface area contributed by atoms with E-state index in [2.05, 4.69) is 10.6 Å². The summed E-state index contributed by atoms with van der Waals surface area (Å²) in [6.07, 6.45) is 2.93. The van der Waals surface area contributed by atoms with Gasteiger partial charge in [-0.3, -0.25) is 14.5 Å². The van der Waals surface area contributed by atoms with E-state index in [4.69, 9.17) is 0 Å². The molecule has 24 heavy (non-hydrogen) atoms. The fourth-order valence-electron chi connectivity index (χ4n) is 3.64. The summed E-state index contributed by atoms with van der Waals surface area (Å²) < 4.78 is 0. The minimum atomic E-state index is -0.997. The zero-order chi connectivity index (χ0) is 17.3. The monoisotopic (exact) mass is 329 g/mol. The number of nitrogens with one attached hydrogen (secondary N) is 2. The first kappa shape index (κ1) is 16.5. The summed E-state index contributed by atoms with van der Waals surface area (Å²) in [6, 6.07) is 7.24. The summed E-state index contributed by atoms with van der Waals surface area (Å²) in [5, 5.41) is 5.70. The molecule has 128 valence electrons. The number of nitrogens with zero attached hydrogens (tertiary/aromatic N) is 1. The Morgan fingerprint density at radius 1 is 1.29 bits per heavy atom. The first-order valence-electron chi connectivity index (χ1n) is 8.53. The molecule has 1 saturated heterocycles. The van der Waals surface area contributed by atoms with Gasteiger partial charge in [0.15, 0.2) is 0 Å². The molecular weight excluding hydrogens is 306 g/mol. The van der Waals surface area contributed by atoms with Crippen LogP contribution in [0.15, 0.2) is 24.3 Å². The Hall–Kier alpha value is -2.37. The van der Waals surface area contributed by atoms with E-state index in [0.717, 1.165) is 35.3 Å². The normalized spacial score (nSPS) is 22.2. The highest BCUT2D eigenvalue weighted by Crippen LogP contribution is 2.41. The maximum absolute atomic E-state index is 12.9. The molecule has 6 nitrogen and oxygen atoms in total. The average Bonchev–Trinajstić information content (AvgIpc) is 3.07. The Kier molecular flexibility index (Phi) is 4.30. The zero-order valence-corrected chi connectivity index (χ0v) is 14.1. The lowest BCUT2D eigenvalue weighted by molar-refractivity contribution is -0.135. The van der Waals surface area contributed by atoms with Gasteiger partial charge in [-0.2, -0.15) is 0 Å². The van der Waals surface area contributed by atoms with Crippen molar-refractivity contribution in [3.63, 3.8) is 0 Å². The molecule has 0 bridgehead atoms. The van der Waals surface area contributed by atoms with Crippen molar-refractivity contribution in [2.75, 3.05) is 6.54 Å². The van der Waals surface area contributed by atoms with E-state index < -0.39 is 11.6 Å². The molecule has 0 saturated carbocycles. The summed E-state index contributed by atoms with van der Waals surface area (Å²) in [4.78, 5) is 38.5. The van der Waals surface area contributed by atoms with Crippen LogP contribution in [0.2, 0.25) is 0 Å². The fraction of sp³-hybridized carbons (Fsp3) is 0.500. The predicted molar refractivity (Wildman–Crippen MR) is 89.2 cm³/mol. The van der Waals surface area contributed by atoms with Crippen molar-refractivity contribution in [1.82, 2.24) is 15.5 Å². The Balaban J connectivity index is 1.77. The van der Waals surface area contributed by atoms with Gasteiger partial charge < -0.3 is 10.6 Å². The number of rotatable bonds is 5. The van der Waals surface area contributed by atoms with E-state index in [0.29, 0.717) is 6.42 Å². The van der Waals surface area contributed by atoms with E-state index in [9.17, 15) is 14.4 Å². The highest BCUT2D eigenvalue weighted by molar-refractivity contribution is 6.09. The second-order valence-corrected chi connectivity index (χ2v) is 6.46. The van der Waals surface area contributed by atoms with Crippen LogP contribution in [-0.2, 0) is 21.5 Å². The maximum Gasteiger partial charge on any atom is 0.325 e. The Morgan fingerprint density at radius 3 is 2.71 bits per heavy atom. The maximum atomic E-state index is 12.9. The molecule has 0 unspecified atom stereocenters. The summed E-state index contributed by atoms with van der Waals surface area (Å²) in [5.74, 6) is -0.618. The molecule has 0 aromatic heterocycles. The number of aryl methyl sites for hydroxylation is 1. The molecule has 1 heterocycles. The quantitative estimate of drug-likeness (QED) is 0.807. The minimum Gasteiger partial charge on any atom is -0.352 e. The fourth-order valence-corrected chi connectivity index (χ4v) is 3.64. The van der Waals surface area contributed by atoms with Gasteiger partial charge in [0, 0.05) is 6.04 Å². The Labute approximate surface area is 141 Å². The van der Waals surface area contributed by atoms with E-state index >= 15 is 0 Å². The van der Waals surface area contributed by atoms with Gasteiger partial charge in [0.2, 0.25) is 5.91 Å². The van der Waals surface area contributed by atoms with Crippen LogP contribution in [0.3, 0.4) is 0 Å². The standard InChI is InChI=1S/C18H23N3O3/c1-3-13(4-2)19-15(22)11-21-16(23)18(20-17(21)24)10-9-12-7-5-6-8-14(12)18/h5-8,13H,3-4,9-11H2,1-2H3,(H,19,22)(H,20,24)/t18-/m0/s1. The van der Waals surface area contributed by atoms with Gasteiger partial charge >= 0.3 is 6.03 Å². The number of carbonyl (C=O) groups excluding carboxylic acids is 3. The lowest BCUT2D eigenvalue weighted by Crippen LogP contribution is -2.45. The number of amides is 4. The van der Waals surface area contributed by atoms with Crippen LogP contribution in [0.4, 0.5) is 4.79 Å². The number of hydrogen-bond acceptors (Lipinski definition) is 3. The zero-order valence-electron chi connectivity index (χ0n) is 14.1. The van der Waals surface area contributed by atoms with Crippen LogP contribution in [0.5, 0.6) is 0 Å². The molecule has 1 atom stereocenters. The van der Waals surface area contributed by atoms with Gasteiger partial charge in [-0.1, -0.05) is 38.1 Å². The van der Waals surface area contributed by atoms with Gasteiger partial charge in [0.25, 0.3) is 5.91 Å². The molecular formula is C18H23N3O3. The smallest absolute Gasteiger partial charge is 0.325 e. The molecule has 1 fully saturated rings. The highest BCUT2D eigenvalue weighted by atomic mass is 16.2. The lowest BCUT2D eigenvalue weighted by atomic mass is 9.92. The molecule has 1 aliphatic carbocycles. The number of hydrogen-bond donors (Lipinski definition) is 2. The van der Waals surface area contributed by atoms with E-state index in [1.165, 1.54) is 0 Å². The number of imide groups is 1. The van der Waals surface area contributed by atoms with Crippen LogP contribution < -0.4 is 10.6 Å². The molecule has 4 amide bonds. The Morgan fingerprint density at radius 2 is 2.00 bits per heavy atom. The number of benzene rings is 1. The van der Waals surface area contributed by atoms with Crippen molar-refractivity contribution in [1.29, 1.82) is 0 Å². The lowest BCUT2D eigenvalue weighted by Gasteiger charge is -2.22. The third kappa shape index (κ3) is 2.56. The summed E-state index contributed by atoms with van der Waals surface area (Å²) in [7, 11) is 0. The van der Waals surface area contributed by atoms with Crippen LogP contribution in [0.25, 0.3) is 0 Å². The summed E-state index contributed by atoms with van der Waals surface area (Å²) in [5.41, 5.74) is 0.934. The summed E-state index contributed by atoms with van der Waals surface area (Å²) in [6.45, 7) is 3.75. The molecule has 3 rings (SSSR count). The molecule has 1 spiro atoms. The van der Waals surface area contributed by atoms with Crippen LogP contribution >= 0.6 is 0 Å². The third-order valence-electron chi connectivity index (χ3n) is 5.07. The third-order valence-corrected chi connectivity index (χ3v) is 5.07. The Bertz CT molecular complexity index is 684. The van der Waals surface area contributed by atoms with Crippen molar-refractivity contribution in [3.05, 3.63) is 35.4 Å². The van der Waals surface area contributed by atoms with Crippen molar-refractivity contribution in [3.8, 4) is 0 Å². The molecule has 1 aromatic rings. The molecule has 6 heteroatoms. The second kappa shape index (κ2) is 6.26. The van der Waals surface area contributed by atoms with E-state index in [-0.39, 0.29) is 24.4 Å². The molecule has 0 radical (unpaired) electrons. The minimum absolute atomic E-state index is 0.0689. The number of fused-ring (bicyclic) bond motifs is 2. The predicted octanol–water partition coefficient (Wildman–Crippen LogP) is 1.68. The second-order valence-electron chi connectivity index (χ2n) is 6.46. The van der Waals surface area contributed by atoms with Crippen molar-refractivity contribution in [2.45, 2.75) is 51.1 Å².